The molecule has 1 aliphatic heterocycles. The Labute approximate surface area is 151 Å². The van der Waals surface area contributed by atoms with Crippen molar-refractivity contribution in [3.8, 4) is 0 Å². The summed E-state index contributed by atoms with van der Waals surface area (Å²) in [5.74, 6) is 0.481. The fourth-order valence-corrected chi connectivity index (χ4v) is 5.73. The van der Waals surface area contributed by atoms with Gasteiger partial charge in [-0.05, 0) is 38.5 Å². The van der Waals surface area contributed by atoms with Gasteiger partial charge < -0.3 is 9.80 Å². The van der Waals surface area contributed by atoms with Crippen molar-refractivity contribution in [3.05, 3.63) is 0 Å². The van der Waals surface area contributed by atoms with Crippen molar-refractivity contribution in [1.82, 2.24) is 9.80 Å². The molecule has 1 aliphatic carbocycles. The number of hydrogen-bond donors (Lipinski definition) is 0. The quantitative estimate of drug-likeness (QED) is 0.711. The molecule has 0 aromatic rings. The van der Waals surface area contributed by atoms with Gasteiger partial charge in [0.15, 0.2) is 9.84 Å². The fraction of sp³-hybridized carbons (Fsp3) is 0.889. The minimum atomic E-state index is -2.99. The van der Waals surface area contributed by atoms with Crippen molar-refractivity contribution >= 4 is 21.7 Å². The lowest BCUT2D eigenvalue weighted by molar-refractivity contribution is -0.141. The van der Waals surface area contributed by atoms with Gasteiger partial charge in [-0.1, -0.05) is 13.3 Å². The third-order valence-electron chi connectivity index (χ3n) is 5.75. The Balaban J connectivity index is 1.83. The van der Waals surface area contributed by atoms with E-state index in [-0.39, 0.29) is 41.2 Å². The number of carbonyl (C=O) groups excluding carboxylic acids is 2. The molecule has 0 radical (unpaired) electrons. The number of unbranched alkanes of at least 4 members (excludes halogenated alkanes) is 1. The van der Waals surface area contributed by atoms with Crippen LogP contribution in [0.15, 0.2) is 0 Å². The second kappa shape index (κ2) is 8.52. The number of nitrogens with zero attached hydrogens (tertiary/aromatic N) is 2. The van der Waals surface area contributed by atoms with Crippen LogP contribution < -0.4 is 0 Å². The standard InChI is InChI=1S/C18H32N2O4S/c1-4-5-11-19(2)17(21)14-6-8-15(9-7-14)18(22)20(3)16-10-12-25(23,24)13-16/h14-16H,4-13H2,1-3H3. The van der Waals surface area contributed by atoms with E-state index in [9.17, 15) is 18.0 Å². The first kappa shape index (κ1) is 20.2. The van der Waals surface area contributed by atoms with Crippen molar-refractivity contribution in [2.45, 2.75) is 57.9 Å². The highest BCUT2D eigenvalue weighted by molar-refractivity contribution is 7.91. The lowest BCUT2D eigenvalue weighted by atomic mass is 9.80. The number of hydrogen-bond acceptors (Lipinski definition) is 4. The van der Waals surface area contributed by atoms with E-state index in [0.29, 0.717) is 6.42 Å². The summed E-state index contributed by atoms with van der Waals surface area (Å²) >= 11 is 0. The first-order valence-electron chi connectivity index (χ1n) is 9.47. The zero-order chi connectivity index (χ0) is 18.6. The molecule has 1 heterocycles. The molecule has 6 nitrogen and oxygen atoms in total. The SMILES string of the molecule is CCCCN(C)C(=O)C1CCC(C(=O)N(C)C2CCS(=O)(=O)C2)CC1. The number of amides is 2. The van der Waals surface area contributed by atoms with E-state index >= 15 is 0 Å². The maximum atomic E-state index is 12.7. The van der Waals surface area contributed by atoms with Crippen LogP contribution in [0.2, 0.25) is 0 Å². The minimum absolute atomic E-state index is 0.0306. The lowest BCUT2D eigenvalue weighted by Crippen LogP contribution is -2.43. The third-order valence-corrected chi connectivity index (χ3v) is 7.50. The number of carbonyl (C=O) groups is 2. The normalized spacial score (nSPS) is 28.5. The van der Waals surface area contributed by atoms with Crippen LogP contribution in [-0.2, 0) is 19.4 Å². The maximum Gasteiger partial charge on any atom is 0.225 e. The first-order valence-corrected chi connectivity index (χ1v) is 11.3. The molecule has 0 aromatic heterocycles. The van der Waals surface area contributed by atoms with Crippen LogP contribution in [0.5, 0.6) is 0 Å². The average molecular weight is 373 g/mol. The molecule has 1 atom stereocenters. The first-order chi connectivity index (χ1) is 11.7. The van der Waals surface area contributed by atoms with E-state index in [1.807, 2.05) is 11.9 Å². The molecule has 0 aromatic carbocycles. The van der Waals surface area contributed by atoms with Crippen LogP contribution in [0.1, 0.15) is 51.9 Å². The maximum absolute atomic E-state index is 12.7. The fourth-order valence-electron chi connectivity index (χ4n) is 3.95. The topological polar surface area (TPSA) is 74.8 Å². The van der Waals surface area contributed by atoms with Crippen molar-refractivity contribution in [2.24, 2.45) is 11.8 Å². The molecule has 1 saturated carbocycles. The summed E-state index contributed by atoms with van der Waals surface area (Å²) in [6, 6.07) is -0.183. The summed E-state index contributed by atoms with van der Waals surface area (Å²) in [5, 5.41) is 0. The Kier molecular flexibility index (Phi) is 6.88. The van der Waals surface area contributed by atoms with E-state index in [1.54, 1.807) is 11.9 Å². The van der Waals surface area contributed by atoms with E-state index < -0.39 is 9.84 Å². The van der Waals surface area contributed by atoms with E-state index in [4.69, 9.17) is 0 Å². The van der Waals surface area contributed by atoms with Gasteiger partial charge in [0.05, 0.1) is 11.5 Å². The third kappa shape index (κ3) is 5.19. The second-order valence-electron chi connectivity index (χ2n) is 7.67. The molecule has 2 aliphatic rings. The summed E-state index contributed by atoms with van der Waals surface area (Å²) < 4.78 is 23.2. The molecule has 2 amide bonds. The zero-order valence-corrected chi connectivity index (χ0v) is 16.6. The average Bonchev–Trinajstić information content (AvgIpc) is 2.97. The zero-order valence-electron chi connectivity index (χ0n) is 15.7. The smallest absolute Gasteiger partial charge is 0.225 e. The van der Waals surface area contributed by atoms with Gasteiger partial charge in [0, 0.05) is 38.5 Å². The largest absolute Gasteiger partial charge is 0.346 e. The van der Waals surface area contributed by atoms with Crippen LogP contribution in [-0.4, -0.2) is 68.2 Å². The van der Waals surface area contributed by atoms with Crippen LogP contribution in [0, 0.1) is 11.8 Å². The van der Waals surface area contributed by atoms with Gasteiger partial charge in [-0.2, -0.15) is 0 Å². The lowest BCUT2D eigenvalue weighted by Gasteiger charge is -2.33. The highest BCUT2D eigenvalue weighted by atomic mass is 32.2. The van der Waals surface area contributed by atoms with E-state index in [2.05, 4.69) is 6.92 Å². The van der Waals surface area contributed by atoms with Crippen LogP contribution in [0.4, 0.5) is 0 Å². The molecule has 25 heavy (non-hydrogen) atoms. The van der Waals surface area contributed by atoms with Crippen LogP contribution in [0.3, 0.4) is 0 Å². The Hall–Kier alpha value is -1.11. The Morgan fingerprint density at radius 3 is 2.00 bits per heavy atom. The molecule has 0 N–H and O–H groups in total. The van der Waals surface area contributed by atoms with Crippen molar-refractivity contribution in [3.63, 3.8) is 0 Å². The molecule has 144 valence electrons. The molecule has 1 saturated heterocycles. The van der Waals surface area contributed by atoms with Crippen molar-refractivity contribution in [2.75, 3.05) is 32.1 Å². The molecule has 0 bridgehead atoms. The molecule has 7 heteroatoms. The van der Waals surface area contributed by atoms with Gasteiger partial charge in [0.1, 0.15) is 0 Å². The number of sulfone groups is 1. The summed E-state index contributed by atoms with van der Waals surface area (Å²) in [6.45, 7) is 2.91. The Bertz CT molecular complexity index is 582. The molecule has 2 fully saturated rings. The summed E-state index contributed by atoms with van der Waals surface area (Å²) in [6.07, 6.45) is 5.58. The Morgan fingerprint density at radius 2 is 1.52 bits per heavy atom. The van der Waals surface area contributed by atoms with Gasteiger partial charge in [0.2, 0.25) is 11.8 Å². The van der Waals surface area contributed by atoms with Gasteiger partial charge in [0.25, 0.3) is 0 Å². The predicted molar refractivity (Wildman–Crippen MR) is 97.8 cm³/mol. The summed E-state index contributed by atoms with van der Waals surface area (Å²) in [5.41, 5.74) is 0. The molecule has 0 spiro atoms. The highest BCUT2D eigenvalue weighted by Crippen LogP contribution is 2.32. The molecular formula is C18H32N2O4S. The predicted octanol–water partition coefficient (Wildman–Crippen LogP) is 1.70. The van der Waals surface area contributed by atoms with E-state index in [0.717, 1.165) is 45.1 Å². The molecular weight excluding hydrogens is 340 g/mol. The number of rotatable bonds is 6. The monoisotopic (exact) mass is 372 g/mol. The molecule has 1 unspecified atom stereocenters. The van der Waals surface area contributed by atoms with Crippen molar-refractivity contribution < 1.29 is 18.0 Å². The highest BCUT2D eigenvalue weighted by Gasteiger charge is 2.37. The van der Waals surface area contributed by atoms with Crippen molar-refractivity contribution in [1.29, 1.82) is 0 Å². The van der Waals surface area contributed by atoms with Crippen LogP contribution in [0.25, 0.3) is 0 Å². The van der Waals surface area contributed by atoms with Gasteiger partial charge in [-0.15, -0.1) is 0 Å². The second-order valence-corrected chi connectivity index (χ2v) is 9.90. The van der Waals surface area contributed by atoms with Gasteiger partial charge >= 0.3 is 0 Å². The Morgan fingerprint density at radius 1 is 0.960 bits per heavy atom. The van der Waals surface area contributed by atoms with Gasteiger partial charge in [-0.25, -0.2) is 8.42 Å². The van der Waals surface area contributed by atoms with Gasteiger partial charge in [-0.3, -0.25) is 9.59 Å². The molecule has 2 rings (SSSR count). The summed E-state index contributed by atoms with van der Waals surface area (Å²) in [4.78, 5) is 28.6. The van der Waals surface area contributed by atoms with E-state index in [1.165, 1.54) is 0 Å². The minimum Gasteiger partial charge on any atom is -0.346 e. The summed E-state index contributed by atoms with van der Waals surface area (Å²) in [7, 11) is 0.604. The van der Waals surface area contributed by atoms with Crippen LogP contribution >= 0.6 is 0 Å².